The number of nitrogens with one attached hydrogen (secondary N) is 1. The number of likely N-dealkylation sites (N-methyl/N-ethyl adjacent to an activating group) is 1. The lowest BCUT2D eigenvalue weighted by molar-refractivity contribution is 0.103. The highest BCUT2D eigenvalue weighted by Gasteiger charge is 2.27. The summed E-state index contributed by atoms with van der Waals surface area (Å²) in [7, 11) is 2.11. The van der Waals surface area contributed by atoms with E-state index in [0.29, 0.717) is 24.1 Å². The Balaban J connectivity index is 1.36. The van der Waals surface area contributed by atoms with E-state index in [1.165, 1.54) is 18.3 Å². The van der Waals surface area contributed by atoms with Gasteiger partial charge in [0.25, 0.3) is 0 Å². The van der Waals surface area contributed by atoms with E-state index >= 15 is 4.39 Å². The summed E-state index contributed by atoms with van der Waals surface area (Å²) in [4.78, 5) is 31.9. The number of fused-ring (bicyclic) bond motifs is 1. The fourth-order valence-electron chi connectivity index (χ4n) is 5.24. The van der Waals surface area contributed by atoms with Crippen molar-refractivity contribution in [3.05, 3.63) is 71.7 Å². The Morgan fingerprint density at radius 2 is 1.70 bits per heavy atom. The molecule has 3 aromatic heterocycles. The molecular weight excluding hydrogens is 474 g/mol. The third kappa shape index (κ3) is 4.33. The van der Waals surface area contributed by atoms with Crippen LogP contribution in [0.1, 0.15) is 28.8 Å². The molecule has 0 radical (unpaired) electrons. The molecular formula is C28H28F2N6O. The first kappa shape index (κ1) is 23.5. The van der Waals surface area contributed by atoms with Gasteiger partial charge in [0, 0.05) is 74.4 Å². The number of carbonyl (C=O) groups is 1. The molecule has 2 aliphatic heterocycles. The average Bonchev–Trinajstić information content (AvgIpc) is 3.59. The van der Waals surface area contributed by atoms with Gasteiger partial charge in [-0.15, -0.1) is 0 Å². The number of pyridine rings is 2. The fraction of sp³-hybridized carbons (Fsp3) is 0.321. The maximum absolute atomic E-state index is 15.5. The Morgan fingerprint density at radius 3 is 2.49 bits per heavy atom. The van der Waals surface area contributed by atoms with Gasteiger partial charge in [-0.2, -0.15) is 0 Å². The van der Waals surface area contributed by atoms with Gasteiger partial charge in [-0.25, -0.2) is 18.7 Å². The van der Waals surface area contributed by atoms with Crippen LogP contribution in [0.2, 0.25) is 0 Å². The normalized spacial score (nSPS) is 16.6. The molecule has 1 N–H and O–H groups in total. The van der Waals surface area contributed by atoms with E-state index in [9.17, 15) is 9.18 Å². The van der Waals surface area contributed by atoms with Gasteiger partial charge in [-0.3, -0.25) is 4.79 Å². The van der Waals surface area contributed by atoms with Crippen LogP contribution >= 0.6 is 0 Å². The smallest absolute Gasteiger partial charge is 0.201 e. The number of anilines is 2. The van der Waals surface area contributed by atoms with Crippen LogP contribution in [0.5, 0.6) is 0 Å². The molecule has 37 heavy (non-hydrogen) atoms. The van der Waals surface area contributed by atoms with E-state index in [2.05, 4.69) is 31.8 Å². The van der Waals surface area contributed by atoms with Gasteiger partial charge >= 0.3 is 0 Å². The van der Waals surface area contributed by atoms with Gasteiger partial charge in [0.2, 0.25) is 5.78 Å². The molecule has 6 rings (SSSR count). The molecule has 2 fully saturated rings. The Bertz CT molecular complexity index is 1470. The summed E-state index contributed by atoms with van der Waals surface area (Å²) in [6, 6.07) is 8.36. The molecule has 1 aromatic carbocycles. The van der Waals surface area contributed by atoms with Crippen LogP contribution in [0.4, 0.5) is 20.3 Å². The predicted molar refractivity (Wildman–Crippen MR) is 140 cm³/mol. The number of halogens is 2. The van der Waals surface area contributed by atoms with E-state index in [-0.39, 0.29) is 11.3 Å². The van der Waals surface area contributed by atoms with Gasteiger partial charge in [-0.1, -0.05) is 0 Å². The summed E-state index contributed by atoms with van der Waals surface area (Å²) in [5, 5.41) is 0.519. The zero-order valence-corrected chi connectivity index (χ0v) is 20.7. The number of nitrogens with zero attached hydrogens (tertiary/aromatic N) is 5. The van der Waals surface area contributed by atoms with Crippen molar-refractivity contribution in [1.29, 1.82) is 0 Å². The number of hydrogen-bond acceptors (Lipinski definition) is 6. The molecule has 0 spiro atoms. The van der Waals surface area contributed by atoms with E-state index < -0.39 is 23.0 Å². The molecule has 0 aliphatic carbocycles. The standard InChI is InChI=1S/C28H28F2N6O/c1-34-10-12-36(13-11-34)24-15-18(6-7-31-24)19-14-20-21(17-33-28(20)32-16-19)27(37)25-22(29)4-5-23(26(25)30)35-8-2-3-9-35/h4-7,14-17H,2-3,8-13H2,1H3,(H,32,33). The summed E-state index contributed by atoms with van der Waals surface area (Å²) >= 11 is 0. The summed E-state index contributed by atoms with van der Waals surface area (Å²) < 4.78 is 30.3. The second-order valence-electron chi connectivity index (χ2n) is 9.79. The number of piperazine rings is 1. The van der Waals surface area contributed by atoms with E-state index in [0.717, 1.165) is 56.0 Å². The topological polar surface area (TPSA) is 68.4 Å². The summed E-state index contributed by atoms with van der Waals surface area (Å²) in [5.74, 6) is -1.49. The van der Waals surface area contributed by atoms with E-state index in [4.69, 9.17) is 0 Å². The number of H-pyrrole nitrogens is 1. The largest absolute Gasteiger partial charge is 0.369 e. The molecule has 0 amide bonds. The maximum Gasteiger partial charge on any atom is 0.201 e. The van der Waals surface area contributed by atoms with Crippen LogP contribution in [0.15, 0.2) is 48.9 Å². The first-order valence-corrected chi connectivity index (χ1v) is 12.6. The number of aromatic nitrogens is 3. The number of benzene rings is 1. The Kier molecular flexibility index (Phi) is 6.08. The van der Waals surface area contributed by atoms with E-state index in [1.54, 1.807) is 12.4 Å². The maximum atomic E-state index is 15.5. The van der Waals surface area contributed by atoms with Crippen molar-refractivity contribution in [2.24, 2.45) is 0 Å². The number of hydrogen-bond donors (Lipinski definition) is 1. The van der Waals surface area contributed by atoms with Crippen LogP contribution < -0.4 is 9.80 Å². The van der Waals surface area contributed by atoms with Crippen molar-refractivity contribution in [3.8, 4) is 11.1 Å². The lowest BCUT2D eigenvalue weighted by Gasteiger charge is -2.33. The second-order valence-corrected chi connectivity index (χ2v) is 9.79. The second kappa shape index (κ2) is 9.55. The van der Waals surface area contributed by atoms with Crippen molar-refractivity contribution in [2.75, 3.05) is 56.1 Å². The molecule has 0 atom stereocenters. The summed E-state index contributed by atoms with van der Waals surface area (Å²) in [6.45, 7) is 5.13. The van der Waals surface area contributed by atoms with Crippen molar-refractivity contribution in [2.45, 2.75) is 12.8 Å². The quantitative estimate of drug-likeness (QED) is 0.406. The van der Waals surface area contributed by atoms with Crippen molar-refractivity contribution >= 4 is 28.3 Å². The molecule has 2 saturated heterocycles. The highest BCUT2D eigenvalue weighted by molar-refractivity contribution is 6.16. The molecule has 9 heteroatoms. The Morgan fingerprint density at radius 1 is 0.919 bits per heavy atom. The predicted octanol–water partition coefficient (Wildman–Crippen LogP) is 4.49. The van der Waals surface area contributed by atoms with Crippen LogP contribution in [-0.4, -0.2) is 72.0 Å². The lowest BCUT2D eigenvalue weighted by Crippen LogP contribution is -2.44. The first-order valence-electron chi connectivity index (χ1n) is 12.6. The molecule has 190 valence electrons. The first-order chi connectivity index (χ1) is 18.0. The monoisotopic (exact) mass is 502 g/mol. The molecule has 4 aromatic rings. The van der Waals surface area contributed by atoms with Gasteiger partial charge < -0.3 is 19.7 Å². The third-order valence-electron chi connectivity index (χ3n) is 7.43. The number of ketones is 1. The summed E-state index contributed by atoms with van der Waals surface area (Å²) in [5.41, 5.74) is 2.12. The minimum Gasteiger partial charge on any atom is -0.369 e. The number of carbonyl (C=O) groups excluding carboxylic acids is 1. The van der Waals surface area contributed by atoms with Crippen molar-refractivity contribution < 1.29 is 13.6 Å². The van der Waals surface area contributed by atoms with Crippen molar-refractivity contribution in [3.63, 3.8) is 0 Å². The number of rotatable bonds is 5. The minimum atomic E-state index is -0.866. The van der Waals surface area contributed by atoms with Gasteiger partial charge in [-0.05, 0) is 55.8 Å². The van der Waals surface area contributed by atoms with Gasteiger partial charge in [0.15, 0.2) is 5.82 Å². The zero-order valence-electron chi connectivity index (χ0n) is 20.7. The van der Waals surface area contributed by atoms with Crippen LogP contribution in [0, 0.1) is 11.6 Å². The molecule has 0 unspecified atom stereocenters. The highest BCUT2D eigenvalue weighted by Crippen LogP contribution is 2.32. The zero-order chi connectivity index (χ0) is 25.5. The number of aromatic amines is 1. The molecule has 5 heterocycles. The minimum absolute atomic E-state index is 0.189. The third-order valence-corrected chi connectivity index (χ3v) is 7.43. The van der Waals surface area contributed by atoms with Crippen molar-refractivity contribution in [1.82, 2.24) is 19.9 Å². The summed E-state index contributed by atoms with van der Waals surface area (Å²) in [6.07, 6.45) is 6.87. The Hall–Kier alpha value is -3.85. The fourth-order valence-corrected chi connectivity index (χ4v) is 5.24. The van der Waals surface area contributed by atoms with Crippen LogP contribution in [0.3, 0.4) is 0 Å². The molecule has 0 bridgehead atoms. The Labute approximate surface area is 213 Å². The molecule has 0 saturated carbocycles. The SMILES string of the molecule is CN1CCN(c2cc(-c3cnc4[nH]cc(C(=O)c5c(F)ccc(N6CCCC6)c5F)c4c3)ccn2)CC1. The average molecular weight is 503 g/mol. The lowest BCUT2D eigenvalue weighted by atomic mass is 9.99. The molecule has 7 nitrogen and oxygen atoms in total. The highest BCUT2D eigenvalue weighted by atomic mass is 19.1. The van der Waals surface area contributed by atoms with Gasteiger partial charge in [0.1, 0.15) is 17.3 Å². The van der Waals surface area contributed by atoms with Crippen LogP contribution in [0.25, 0.3) is 22.2 Å². The van der Waals surface area contributed by atoms with Gasteiger partial charge in [0.05, 0.1) is 11.3 Å². The van der Waals surface area contributed by atoms with E-state index in [1.807, 2.05) is 23.1 Å². The van der Waals surface area contributed by atoms with Crippen LogP contribution in [-0.2, 0) is 0 Å². The molecule has 2 aliphatic rings.